The molecule has 1 fully saturated rings. The zero-order valence-corrected chi connectivity index (χ0v) is 21.6. The molecule has 0 bridgehead atoms. The van der Waals surface area contributed by atoms with Gasteiger partial charge in [0.15, 0.2) is 5.96 Å². The molecule has 1 saturated heterocycles. The summed E-state index contributed by atoms with van der Waals surface area (Å²) in [6, 6.07) is 14.6. The van der Waals surface area contributed by atoms with Gasteiger partial charge in [0.1, 0.15) is 24.3 Å². The van der Waals surface area contributed by atoms with Gasteiger partial charge in [-0.1, -0.05) is 30.3 Å². The van der Waals surface area contributed by atoms with Crippen molar-refractivity contribution in [3.8, 4) is 5.75 Å². The number of rotatable bonds is 7. The molecule has 2 atom stereocenters. The molecule has 6 nitrogen and oxygen atoms in total. The number of guanidine groups is 1. The maximum absolute atomic E-state index is 13.3. The van der Waals surface area contributed by atoms with Gasteiger partial charge in [-0.25, -0.2) is 4.39 Å². The largest absolute Gasteiger partial charge is 0.492 e. The summed E-state index contributed by atoms with van der Waals surface area (Å²) in [5.41, 5.74) is 2.05. The van der Waals surface area contributed by atoms with Gasteiger partial charge in [-0.05, 0) is 44.8 Å². The zero-order valence-electron chi connectivity index (χ0n) is 19.3. The van der Waals surface area contributed by atoms with Crippen molar-refractivity contribution in [3.05, 3.63) is 65.5 Å². The van der Waals surface area contributed by atoms with E-state index in [0.29, 0.717) is 19.7 Å². The fourth-order valence-electron chi connectivity index (χ4n) is 3.62. The van der Waals surface area contributed by atoms with Crippen LogP contribution in [-0.4, -0.2) is 69.2 Å². The standard InChI is InChI=1S/C24H33FN4O2.HI/c1-18-16-29(17-23(31-18)19-9-11-21(25)12-10-19)24(26-2)27-15-20-7-5-6-8-22(20)30-14-13-28(3)4;/h5-12,18,23H,13-17H2,1-4H3,(H,26,27);1H. The van der Waals surface area contributed by atoms with E-state index in [2.05, 4.69) is 26.2 Å². The first-order chi connectivity index (χ1) is 15.0. The molecule has 1 heterocycles. The number of nitrogens with one attached hydrogen (secondary N) is 1. The van der Waals surface area contributed by atoms with Crippen molar-refractivity contribution < 1.29 is 13.9 Å². The van der Waals surface area contributed by atoms with Gasteiger partial charge in [0.2, 0.25) is 0 Å². The highest BCUT2D eigenvalue weighted by Crippen LogP contribution is 2.26. The number of para-hydroxylation sites is 1. The Balaban J connectivity index is 0.00000363. The topological polar surface area (TPSA) is 49.3 Å². The highest BCUT2D eigenvalue weighted by atomic mass is 127. The number of hydrogen-bond acceptors (Lipinski definition) is 4. The summed E-state index contributed by atoms with van der Waals surface area (Å²) < 4.78 is 25.4. The predicted octanol–water partition coefficient (Wildman–Crippen LogP) is 3.92. The molecule has 0 radical (unpaired) electrons. The third-order valence-corrected chi connectivity index (χ3v) is 5.22. The summed E-state index contributed by atoms with van der Waals surface area (Å²) in [4.78, 5) is 8.78. The van der Waals surface area contributed by atoms with E-state index >= 15 is 0 Å². The minimum Gasteiger partial charge on any atom is -0.492 e. The van der Waals surface area contributed by atoms with Crippen LogP contribution in [0.25, 0.3) is 0 Å². The average Bonchev–Trinajstić information content (AvgIpc) is 2.75. The molecule has 0 aromatic heterocycles. The molecular formula is C24H34FIN4O2. The first-order valence-electron chi connectivity index (χ1n) is 10.7. The van der Waals surface area contributed by atoms with E-state index in [9.17, 15) is 4.39 Å². The SMILES string of the molecule is CN=C(NCc1ccccc1OCCN(C)C)N1CC(C)OC(c2ccc(F)cc2)C1.I. The maximum Gasteiger partial charge on any atom is 0.194 e. The Morgan fingerprint density at radius 2 is 1.91 bits per heavy atom. The summed E-state index contributed by atoms with van der Waals surface area (Å²) >= 11 is 0. The van der Waals surface area contributed by atoms with Gasteiger partial charge < -0.3 is 24.6 Å². The molecule has 0 aliphatic carbocycles. The summed E-state index contributed by atoms with van der Waals surface area (Å²) in [5.74, 6) is 1.45. The van der Waals surface area contributed by atoms with Gasteiger partial charge in [-0.2, -0.15) is 0 Å². The van der Waals surface area contributed by atoms with Crippen molar-refractivity contribution in [3.63, 3.8) is 0 Å². The van der Waals surface area contributed by atoms with Crippen LogP contribution >= 0.6 is 24.0 Å². The number of nitrogens with zero attached hydrogens (tertiary/aromatic N) is 3. The van der Waals surface area contributed by atoms with Crippen LogP contribution in [0.5, 0.6) is 5.75 Å². The van der Waals surface area contributed by atoms with Crippen molar-refractivity contribution in [2.45, 2.75) is 25.7 Å². The number of aliphatic imine (C=N–C) groups is 1. The lowest BCUT2D eigenvalue weighted by atomic mass is 10.1. The van der Waals surface area contributed by atoms with Gasteiger partial charge in [0.05, 0.1) is 12.6 Å². The quantitative estimate of drug-likeness (QED) is 0.319. The predicted molar refractivity (Wildman–Crippen MR) is 137 cm³/mol. The lowest BCUT2D eigenvalue weighted by molar-refractivity contribution is -0.0605. The smallest absolute Gasteiger partial charge is 0.194 e. The Morgan fingerprint density at radius 3 is 2.59 bits per heavy atom. The maximum atomic E-state index is 13.3. The molecule has 176 valence electrons. The molecule has 2 unspecified atom stereocenters. The van der Waals surface area contributed by atoms with Gasteiger partial charge in [0.25, 0.3) is 0 Å². The normalized spacial score (nSPS) is 18.9. The van der Waals surface area contributed by atoms with Crippen LogP contribution < -0.4 is 10.1 Å². The van der Waals surface area contributed by atoms with Crippen LogP contribution in [0.2, 0.25) is 0 Å². The molecular weight excluding hydrogens is 522 g/mol. The summed E-state index contributed by atoms with van der Waals surface area (Å²) in [6.07, 6.45) is -0.103. The molecule has 8 heteroatoms. The van der Waals surface area contributed by atoms with Gasteiger partial charge >= 0.3 is 0 Å². The Kier molecular flexibility index (Phi) is 10.7. The number of morpholine rings is 1. The highest BCUT2D eigenvalue weighted by Gasteiger charge is 2.28. The molecule has 0 spiro atoms. The fourth-order valence-corrected chi connectivity index (χ4v) is 3.62. The number of benzene rings is 2. The van der Waals surface area contributed by atoms with E-state index in [1.807, 2.05) is 39.2 Å². The summed E-state index contributed by atoms with van der Waals surface area (Å²) in [5, 5.41) is 3.47. The Bertz CT molecular complexity index is 863. The molecule has 2 aromatic carbocycles. The molecule has 2 aromatic rings. The Hall–Kier alpha value is -1.91. The third-order valence-electron chi connectivity index (χ3n) is 5.22. The Morgan fingerprint density at radius 1 is 1.19 bits per heavy atom. The van der Waals surface area contributed by atoms with E-state index < -0.39 is 0 Å². The first-order valence-corrected chi connectivity index (χ1v) is 10.7. The average molecular weight is 556 g/mol. The number of ether oxygens (including phenoxy) is 2. The van der Waals surface area contributed by atoms with E-state index in [1.165, 1.54) is 12.1 Å². The van der Waals surface area contributed by atoms with Crippen LogP contribution in [-0.2, 0) is 11.3 Å². The summed E-state index contributed by atoms with van der Waals surface area (Å²) in [7, 11) is 5.85. The second kappa shape index (κ2) is 13.0. The van der Waals surface area contributed by atoms with Crippen molar-refractivity contribution in [1.82, 2.24) is 15.1 Å². The number of hydrogen-bond donors (Lipinski definition) is 1. The monoisotopic (exact) mass is 556 g/mol. The van der Waals surface area contributed by atoms with Gasteiger partial charge in [0, 0.05) is 32.2 Å². The molecule has 1 aliphatic rings. The highest BCUT2D eigenvalue weighted by molar-refractivity contribution is 14.0. The third kappa shape index (κ3) is 7.60. The van der Waals surface area contributed by atoms with Crippen molar-refractivity contribution in [2.75, 3.05) is 47.4 Å². The van der Waals surface area contributed by atoms with Crippen molar-refractivity contribution in [2.24, 2.45) is 4.99 Å². The molecule has 0 saturated carbocycles. The minimum atomic E-state index is -0.242. The lowest BCUT2D eigenvalue weighted by Crippen LogP contribution is -2.50. The van der Waals surface area contributed by atoms with E-state index in [4.69, 9.17) is 9.47 Å². The lowest BCUT2D eigenvalue weighted by Gasteiger charge is -2.38. The number of likely N-dealkylation sites (N-methyl/N-ethyl adjacent to an activating group) is 1. The van der Waals surface area contributed by atoms with E-state index in [-0.39, 0.29) is 42.0 Å². The van der Waals surface area contributed by atoms with Crippen molar-refractivity contribution in [1.29, 1.82) is 0 Å². The second-order valence-electron chi connectivity index (χ2n) is 8.05. The van der Waals surface area contributed by atoms with Gasteiger partial charge in [-0.15, -0.1) is 24.0 Å². The van der Waals surface area contributed by atoms with Gasteiger partial charge in [-0.3, -0.25) is 4.99 Å². The molecule has 3 rings (SSSR count). The minimum absolute atomic E-state index is 0. The molecule has 0 amide bonds. The molecule has 1 aliphatic heterocycles. The Labute approximate surface area is 207 Å². The van der Waals surface area contributed by atoms with Crippen molar-refractivity contribution >= 4 is 29.9 Å². The van der Waals surface area contributed by atoms with Crippen LogP contribution in [0.4, 0.5) is 4.39 Å². The summed E-state index contributed by atoms with van der Waals surface area (Å²) in [6.45, 7) is 5.54. The van der Waals surface area contributed by atoms with E-state index in [0.717, 1.165) is 35.9 Å². The molecule has 1 N–H and O–H groups in total. The van der Waals surface area contributed by atoms with Crippen LogP contribution in [0.15, 0.2) is 53.5 Å². The second-order valence-corrected chi connectivity index (χ2v) is 8.05. The van der Waals surface area contributed by atoms with Crippen LogP contribution in [0.3, 0.4) is 0 Å². The van der Waals surface area contributed by atoms with Crippen LogP contribution in [0.1, 0.15) is 24.2 Å². The fraction of sp³-hybridized carbons (Fsp3) is 0.458. The zero-order chi connectivity index (χ0) is 22.2. The first kappa shape index (κ1) is 26.3. The van der Waals surface area contributed by atoms with E-state index in [1.54, 1.807) is 19.2 Å². The molecule has 32 heavy (non-hydrogen) atoms. The van der Waals surface area contributed by atoms with Crippen LogP contribution in [0, 0.1) is 5.82 Å². The number of halogens is 2.